The van der Waals surface area contributed by atoms with Gasteiger partial charge < -0.3 is 10.1 Å². The molecule has 5 rings (SSSR count). The van der Waals surface area contributed by atoms with Gasteiger partial charge in [-0.05, 0) is 99.9 Å². The molecule has 0 bridgehead atoms. The fraction of sp³-hybridized carbons (Fsp3) is 0.343. The summed E-state index contributed by atoms with van der Waals surface area (Å²) in [6.45, 7) is 10.3. The fourth-order valence-corrected chi connectivity index (χ4v) is 5.12. The Bertz CT molecular complexity index is 1550. The first-order valence-corrected chi connectivity index (χ1v) is 14.7. The number of carbonyl (C=O) groups excluding carboxylic acids is 2. The quantitative estimate of drug-likeness (QED) is 0.226. The first-order chi connectivity index (χ1) is 20.1. The van der Waals surface area contributed by atoms with Gasteiger partial charge in [-0.3, -0.25) is 9.69 Å². The van der Waals surface area contributed by atoms with E-state index in [2.05, 4.69) is 29.5 Å². The van der Waals surface area contributed by atoms with E-state index in [4.69, 9.17) is 4.74 Å². The Labute approximate surface area is 248 Å². The van der Waals surface area contributed by atoms with Crippen molar-refractivity contribution in [2.45, 2.75) is 65.5 Å². The summed E-state index contributed by atoms with van der Waals surface area (Å²) < 4.78 is 7.58. The molecule has 1 N–H and O–H groups in total. The van der Waals surface area contributed by atoms with Crippen molar-refractivity contribution in [2.24, 2.45) is 5.92 Å². The van der Waals surface area contributed by atoms with Gasteiger partial charge in [-0.25, -0.2) is 9.48 Å². The average Bonchev–Trinajstić information content (AvgIpc) is 3.70. The Balaban J connectivity index is 1.47. The van der Waals surface area contributed by atoms with Crippen LogP contribution in [0.25, 0.3) is 5.69 Å². The van der Waals surface area contributed by atoms with Crippen molar-refractivity contribution in [3.8, 4) is 5.69 Å². The van der Waals surface area contributed by atoms with Gasteiger partial charge in [0, 0.05) is 12.2 Å². The van der Waals surface area contributed by atoms with Crippen LogP contribution < -0.4 is 5.32 Å². The van der Waals surface area contributed by atoms with Gasteiger partial charge in [0.1, 0.15) is 11.3 Å². The monoisotopic (exact) mass is 564 g/mol. The van der Waals surface area contributed by atoms with E-state index in [0.29, 0.717) is 23.8 Å². The van der Waals surface area contributed by atoms with Crippen LogP contribution in [0.1, 0.15) is 79.5 Å². The highest BCUT2D eigenvalue weighted by Gasteiger charge is 2.35. The third-order valence-corrected chi connectivity index (χ3v) is 7.29. The Morgan fingerprint density at radius 1 is 0.976 bits per heavy atom. The van der Waals surface area contributed by atoms with E-state index in [0.717, 1.165) is 41.8 Å². The molecule has 1 fully saturated rings. The molecule has 1 unspecified atom stereocenters. The lowest BCUT2D eigenvalue weighted by Gasteiger charge is -2.34. The maximum Gasteiger partial charge on any atom is 0.411 e. The third kappa shape index (κ3) is 7.08. The number of nitrogens with one attached hydrogen (secondary N) is 1. The third-order valence-electron chi connectivity index (χ3n) is 7.29. The van der Waals surface area contributed by atoms with Crippen LogP contribution in [0.5, 0.6) is 0 Å². The van der Waals surface area contributed by atoms with Gasteiger partial charge in [0.2, 0.25) is 0 Å². The number of aryl methyl sites for hydroxylation is 2. The second-order valence-electron chi connectivity index (χ2n) is 12.1. The maximum absolute atomic E-state index is 13.6. The highest BCUT2D eigenvalue weighted by Crippen LogP contribution is 2.37. The molecule has 0 spiro atoms. The average molecular weight is 565 g/mol. The Morgan fingerprint density at radius 3 is 2.38 bits per heavy atom. The number of nitrogens with zero attached hydrogens (tertiary/aromatic N) is 3. The number of rotatable bonds is 9. The lowest BCUT2D eigenvalue weighted by Crippen LogP contribution is -2.41. The van der Waals surface area contributed by atoms with Crippen molar-refractivity contribution in [2.75, 3.05) is 11.9 Å². The number of hydrogen-bond donors (Lipinski definition) is 1. The molecule has 1 aliphatic carbocycles. The summed E-state index contributed by atoms with van der Waals surface area (Å²) in [5.74, 6) is 0.203. The second-order valence-corrected chi connectivity index (χ2v) is 12.1. The first-order valence-electron chi connectivity index (χ1n) is 14.7. The van der Waals surface area contributed by atoms with Gasteiger partial charge >= 0.3 is 6.09 Å². The van der Waals surface area contributed by atoms with Crippen LogP contribution >= 0.6 is 0 Å². The molecular formula is C35H40N4O3. The minimum absolute atomic E-state index is 0.257. The maximum atomic E-state index is 13.6. The molecule has 0 saturated heterocycles. The first kappa shape index (κ1) is 29.1. The van der Waals surface area contributed by atoms with Gasteiger partial charge in [-0.2, -0.15) is 5.10 Å². The largest absolute Gasteiger partial charge is 0.444 e. The molecule has 218 valence electrons. The summed E-state index contributed by atoms with van der Waals surface area (Å²) in [5.41, 5.74) is 5.13. The smallest absolute Gasteiger partial charge is 0.411 e. The van der Waals surface area contributed by atoms with Crippen molar-refractivity contribution < 1.29 is 14.3 Å². The van der Waals surface area contributed by atoms with E-state index in [1.165, 1.54) is 5.56 Å². The lowest BCUT2D eigenvalue weighted by atomic mass is 9.96. The van der Waals surface area contributed by atoms with E-state index in [-0.39, 0.29) is 18.0 Å². The molecule has 1 saturated carbocycles. The number of benzene rings is 3. The van der Waals surface area contributed by atoms with Gasteiger partial charge in [0.15, 0.2) is 0 Å². The SMILES string of the molecule is CCc1cccc(-n2nc(C)cc2C(=O)Nc2cccc(C(c3ccccc3)N(CC3CC3)C(=O)OC(C)(C)C)c2)c1. The van der Waals surface area contributed by atoms with Crippen LogP contribution in [0.3, 0.4) is 0 Å². The molecule has 1 atom stereocenters. The Hall–Kier alpha value is -4.39. The predicted molar refractivity (Wildman–Crippen MR) is 166 cm³/mol. The summed E-state index contributed by atoms with van der Waals surface area (Å²) in [5, 5.41) is 7.69. The zero-order valence-electron chi connectivity index (χ0n) is 25.1. The predicted octanol–water partition coefficient (Wildman–Crippen LogP) is 7.73. The van der Waals surface area contributed by atoms with Crippen LogP contribution in [0.15, 0.2) is 84.9 Å². The molecule has 0 aliphatic heterocycles. The van der Waals surface area contributed by atoms with Crippen molar-refractivity contribution in [3.63, 3.8) is 0 Å². The van der Waals surface area contributed by atoms with Crippen LogP contribution in [-0.4, -0.2) is 38.8 Å². The topological polar surface area (TPSA) is 76.5 Å². The van der Waals surface area contributed by atoms with Crippen LogP contribution in [-0.2, 0) is 11.2 Å². The van der Waals surface area contributed by atoms with Gasteiger partial charge in [-0.1, -0.05) is 61.5 Å². The number of carbonyl (C=O) groups is 2. The number of ether oxygens (including phenoxy) is 1. The van der Waals surface area contributed by atoms with Crippen LogP contribution in [0.2, 0.25) is 0 Å². The molecule has 42 heavy (non-hydrogen) atoms. The Morgan fingerprint density at radius 2 is 1.69 bits per heavy atom. The second kappa shape index (κ2) is 12.2. The summed E-state index contributed by atoms with van der Waals surface area (Å²) in [4.78, 5) is 29.1. The zero-order valence-corrected chi connectivity index (χ0v) is 25.1. The molecular weight excluding hydrogens is 524 g/mol. The summed E-state index contributed by atoms with van der Waals surface area (Å²) >= 11 is 0. The van der Waals surface area contributed by atoms with Crippen molar-refractivity contribution in [1.29, 1.82) is 0 Å². The molecule has 3 aromatic carbocycles. The van der Waals surface area contributed by atoms with E-state index in [1.807, 2.05) is 99.3 Å². The highest BCUT2D eigenvalue weighted by molar-refractivity contribution is 6.03. The standard InChI is InChI=1S/C35H40N4O3/c1-6-25-12-10-17-30(21-25)39-31(20-24(2)37-39)33(40)36-29-16-11-15-28(22-29)32(27-13-8-7-9-14-27)38(23-26-18-19-26)34(41)42-35(3,4)5/h7-17,20-22,26,32H,6,18-19,23H2,1-5H3,(H,36,40). The van der Waals surface area contributed by atoms with Crippen molar-refractivity contribution >= 4 is 17.7 Å². The van der Waals surface area contributed by atoms with E-state index in [9.17, 15) is 9.59 Å². The molecule has 0 radical (unpaired) electrons. The van der Waals surface area contributed by atoms with Gasteiger partial charge in [0.25, 0.3) is 5.91 Å². The van der Waals surface area contributed by atoms with Gasteiger partial charge in [-0.15, -0.1) is 0 Å². The normalized spacial score (nSPS) is 13.8. The molecule has 7 nitrogen and oxygen atoms in total. The lowest BCUT2D eigenvalue weighted by molar-refractivity contribution is 0.0180. The van der Waals surface area contributed by atoms with E-state index in [1.54, 1.807) is 10.7 Å². The molecule has 4 aromatic rings. The molecule has 2 amide bonds. The molecule has 1 heterocycles. The molecule has 1 aromatic heterocycles. The van der Waals surface area contributed by atoms with Crippen molar-refractivity contribution in [1.82, 2.24) is 14.7 Å². The molecule has 7 heteroatoms. The summed E-state index contributed by atoms with van der Waals surface area (Å²) in [7, 11) is 0. The number of anilines is 1. The number of hydrogen-bond acceptors (Lipinski definition) is 4. The van der Waals surface area contributed by atoms with E-state index >= 15 is 0 Å². The number of amides is 2. The van der Waals surface area contributed by atoms with Crippen LogP contribution in [0, 0.1) is 12.8 Å². The minimum Gasteiger partial charge on any atom is -0.444 e. The summed E-state index contributed by atoms with van der Waals surface area (Å²) in [6.07, 6.45) is 2.76. The highest BCUT2D eigenvalue weighted by atomic mass is 16.6. The zero-order chi connectivity index (χ0) is 29.9. The molecule has 1 aliphatic rings. The summed E-state index contributed by atoms with van der Waals surface area (Å²) in [6, 6.07) is 27.2. The number of aromatic nitrogens is 2. The van der Waals surface area contributed by atoms with Gasteiger partial charge in [0.05, 0.1) is 17.4 Å². The van der Waals surface area contributed by atoms with Crippen molar-refractivity contribution in [3.05, 3.63) is 113 Å². The fourth-order valence-electron chi connectivity index (χ4n) is 5.12. The minimum atomic E-state index is -0.617. The van der Waals surface area contributed by atoms with E-state index < -0.39 is 5.60 Å². The van der Waals surface area contributed by atoms with Crippen LogP contribution in [0.4, 0.5) is 10.5 Å². The Kier molecular flexibility index (Phi) is 8.48.